The molecule has 0 bridgehead atoms. The zero-order valence-corrected chi connectivity index (χ0v) is 14.7. The molecule has 0 atom stereocenters. The van der Waals surface area contributed by atoms with Gasteiger partial charge in [-0.25, -0.2) is 4.79 Å². The minimum absolute atomic E-state index is 0.0542. The molecule has 1 N–H and O–H groups in total. The highest BCUT2D eigenvalue weighted by Crippen LogP contribution is 2.24. The van der Waals surface area contributed by atoms with E-state index in [1.807, 2.05) is 6.92 Å². The van der Waals surface area contributed by atoms with Gasteiger partial charge in [-0.15, -0.1) is 0 Å². The number of amides is 1. The maximum atomic E-state index is 12.1. The predicted molar refractivity (Wildman–Crippen MR) is 95.6 cm³/mol. The van der Waals surface area contributed by atoms with Crippen LogP contribution in [0.4, 0.5) is 10.7 Å². The Morgan fingerprint density at radius 1 is 1.15 bits per heavy atom. The van der Waals surface area contributed by atoms with E-state index in [0.717, 1.165) is 6.42 Å². The lowest BCUT2D eigenvalue weighted by molar-refractivity contribution is -0.380. The summed E-state index contributed by atoms with van der Waals surface area (Å²) < 4.78 is 4.89. The Labute approximate surface area is 152 Å². The summed E-state index contributed by atoms with van der Waals surface area (Å²) in [5.74, 6) is -1.32. The van der Waals surface area contributed by atoms with Crippen molar-refractivity contribution in [1.82, 2.24) is 0 Å². The zero-order valence-electron chi connectivity index (χ0n) is 13.9. The third-order valence-electron chi connectivity index (χ3n) is 3.27. The molecule has 0 radical (unpaired) electrons. The summed E-state index contributed by atoms with van der Waals surface area (Å²) in [5, 5.41) is 13.1. The van der Waals surface area contributed by atoms with Crippen molar-refractivity contribution in [2.45, 2.75) is 19.8 Å². The Morgan fingerprint density at radius 3 is 2.42 bits per heavy atom. The Morgan fingerprint density at radius 2 is 1.85 bits per heavy atom. The fourth-order valence-corrected chi connectivity index (χ4v) is 2.73. The number of carbonyl (C=O) groups is 3. The van der Waals surface area contributed by atoms with E-state index in [0.29, 0.717) is 29.0 Å². The van der Waals surface area contributed by atoms with Crippen molar-refractivity contribution < 1.29 is 24.0 Å². The van der Waals surface area contributed by atoms with Crippen LogP contribution in [0.2, 0.25) is 0 Å². The molecule has 1 aromatic heterocycles. The molecule has 0 spiro atoms. The van der Waals surface area contributed by atoms with Gasteiger partial charge in [-0.05, 0) is 36.8 Å². The van der Waals surface area contributed by atoms with E-state index in [9.17, 15) is 24.5 Å². The van der Waals surface area contributed by atoms with Gasteiger partial charge in [0.2, 0.25) is 5.91 Å². The Kier molecular flexibility index (Phi) is 6.56. The number of hydrogen-bond acceptors (Lipinski definition) is 7. The average molecular weight is 376 g/mol. The molecule has 1 aromatic carbocycles. The number of hydrogen-bond donors (Lipinski definition) is 1. The van der Waals surface area contributed by atoms with Crippen LogP contribution < -0.4 is 5.32 Å². The molecule has 136 valence electrons. The predicted octanol–water partition coefficient (Wildman–Crippen LogP) is 3.43. The second-order valence-corrected chi connectivity index (χ2v) is 6.33. The fourth-order valence-electron chi connectivity index (χ4n) is 2.01. The maximum absolute atomic E-state index is 12.1. The van der Waals surface area contributed by atoms with Crippen LogP contribution in [0.1, 0.15) is 39.8 Å². The molecule has 2 aromatic rings. The molecular weight excluding hydrogens is 360 g/mol. The van der Waals surface area contributed by atoms with E-state index < -0.39 is 23.3 Å². The van der Waals surface area contributed by atoms with Crippen molar-refractivity contribution in [3.05, 3.63) is 57.0 Å². The highest BCUT2D eigenvalue weighted by atomic mass is 32.1. The van der Waals surface area contributed by atoms with E-state index in [1.54, 1.807) is 12.1 Å². The summed E-state index contributed by atoms with van der Waals surface area (Å²) in [6.07, 6.45) is 1.15. The lowest BCUT2D eigenvalue weighted by Gasteiger charge is -2.06. The molecule has 2 rings (SSSR count). The van der Waals surface area contributed by atoms with Gasteiger partial charge in [-0.2, -0.15) is 0 Å². The van der Waals surface area contributed by atoms with Gasteiger partial charge >= 0.3 is 11.0 Å². The van der Waals surface area contributed by atoms with Crippen molar-refractivity contribution in [3.63, 3.8) is 0 Å². The Hall–Kier alpha value is -3.07. The summed E-state index contributed by atoms with van der Waals surface area (Å²) in [6.45, 7) is 1.42. The molecule has 1 amide bonds. The van der Waals surface area contributed by atoms with E-state index in [4.69, 9.17) is 4.74 Å². The second kappa shape index (κ2) is 8.86. The molecule has 8 nitrogen and oxygen atoms in total. The van der Waals surface area contributed by atoms with E-state index >= 15 is 0 Å². The SMILES string of the molecule is CCCC(=O)Nc1ccc(C(=O)COC(=O)c2ccc([N+](=O)[O-])s2)cc1. The number of ketones is 1. The summed E-state index contributed by atoms with van der Waals surface area (Å²) in [4.78, 5) is 45.4. The quantitative estimate of drug-likeness (QED) is 0.326. The van der Waals surface area contributed by atoms with E-state index in [1.165, 1.54) is 24.3 Å². The molecular formula is C17H16N2O6S. The smallest absolute Gasteiger partial charge is 0.349 e. The lowest BCUT2D eigenvalue weighted by atomic mass is 10.1. The number of thiophene rings is 1. The molecule has 9 heteroatoms. The summed E-state index contributed by atoms with van der Waals surface area (Å²) in [6, 6.07) is 8.70. The van der Waals surface area contributed by atoms with Crippen LogP contribution in [-0.4, -0.2) is 29.2 Å². The van der Waals surface area contributed by atoms with E-state index in [-0.39, 0.29) is 15.8 Å². The van der Waals surface area contributed by atoms with Crippen LogP contribution in [0, 0.1) is 10.1 Å². The zero-order chi connectivity index (χ0) is 19.1. The molecule has 0 aliphatic heterocycles. The van der Waals surface area contributed by atoms with Crippen LogP contribution in [-0.2, 0) is 9.53 Å². The molecule has 26 heavy (non-hydrogen) atoms. The molecule has 0 aliphatic carbocycles. The number of Topliss-reactive ketones (excluding diaryl/α,β-unsaturated/α-hetero) is 1. The number of ether oxygens (including phenoxy) is 1. The third kappa shape index (κ3) is 5.21. The first-order chi connectivity index (χ1) is 12.4. The van der Waals surface area contributed by atoms with Crippen molar-refractivity contribution in [3.8, 4) is 0 Å². The van der Waals surface area contributed by atoms with Gasteiger partial charge in [0.1, 0.15) is 4.88 Å². The number of esters is 1. The maximum Gasteiger partial charge on any atom is 0.349 e. The Balaban J connectivity index is 1.89. The van der Waals surface area contributed by atoms with Crippen LogP contribution >= 0.6 is 11.3 Å². The summed E-state index contributed by atoms with van der Waals surface area (Å²) >= 11 is 0.683. The standard InChI is InChI=1S/C17H16N2O6S/c1-2-3-15(21)18-12-6-4-11(5-7-12)13(20)10-25-17(22)14-8-9-16(26-14)19(23)24/h4-9H,2-3,10H2,1H3,(H,18,21). The molecule has 0 aliphatic rings. The van der Waals surface area contributed by atoms with Crippen LogP contribution in [0.5, 0.6) is 0 Å². The number of anilines is 1. The fraction of sp³-hybridized carbons (Fsp3) is 0.235. The first-order valence-corrected chi connectivity index (χ1v) is 8.56. The number of nitro groups is 1. The largest absolute Gasteiger partial charge is 0.453 e. The highest BCUT2D eigenvalue weighted by Gasteiger charge is 2.18. The molecule has 0 saturated heterocycles. The molecule has 1 heterocycles. The number of nitrogens with one attached hydrogen (secondary N) is 1. The minimum Gasteiger partial charge on any atom is -0.453 e. The van der Waals surface area contributed by atoms with Crippen molar-refractivity contribution in [2.75, 3.05) is 11.9 Å². The molecule has 0 saturated carbocycles. The van der Waals surface area contributed by atoms with Gasteiger partial charge in [0.15, 0.2) is 12.4 Å². The van der Waals surface area contributed by atoms with Gasteiger partial charge in [0.25, 0.3) is 0 Å². The topological polar surface area (TPSA) is 116 Å². The average Bonchev–Trinajstić information content (AvgIpc) is 3.11. The number of carbonyl (C=O) groups excluding carboxylic acids is 3. The minimum atomic E-state index is -0.792. The van der Waals surface area contributed by atoms with Crippen LogP contribution in [0.25, 0.3) is 0 Å². The van der Waals surface area contributed by atoms with Crippen LogP contribution in [0.15, 0.2) is 36.4 Å². The van der Waals surface area contributed by atoms with E-state index in [2.05, 4.69) is 5.32 Å². The molecule has 0 fully saturated rings. The van der Waals surface area contributed by atoms with Gasteiger partial charge in [0, 0.05) is 23.7 Å². The first kappa shape index (κ1) is 19.3. The van der Waals surface area contributed by atoms with Gasteiger partial charge in [0.05, 0.1) is 4.92 Å². The van der Waals surface area contributed by atoms with Crippen molar-refractivity contribution in [2.24, 2.45) is 0 Å². The third-order valence-corrected chi connectivity index (χ3v) is 4.29. The number of rotatable bonds is 8. The highest BCUT2D eigenvalue weighted by molar-refractivity contribution is 7.17. The number of nitrogens with zero attached hydrogens (tertiary/aromatic N) is 1. The Bertz CT molecular complexity index is 828. The van der Waals surface area contributed by atoms with Crippen LogP contribution in [0.3, 0.4) is 0 Å². The normalized spacial score (nSPS) is 10.2. The summed E-state index contributed by atoms with van der Waals surface area (Å²) in [5.41, 5.74) is 0.895. The summed E-state index contributed by atoms with van der Waals surface area (Å²) in [7, 11) is 0. The lowest BCUT2D eigenvalue weighted by Crippen LogP contribution is -2.14. The molecule has 0 unspecified atom stereocenters. The monoisotopic (exact) mass is 376 g/mol. The van der Waals surface area contributed by atoms with Gasteiger partial charge in [-0.1, -0.05) is 18.3 Å². The van der Waals surface area contributed by atoms with Crippen molar-refractivity contribution >= 4 is 39.7 Å². The first-order valence-electron chi connectivity index (χ1n) is 7.75. The second-order valence-electron chi connectivity index (χ2n) is 5.27. The number of benzene rings is 1. The van der Waals surface area contributed by atoms with Gasteiger partial charge in [-0.3, -0.25) is 19.7 Å². The van der Waals surface area contributed by atoms with Crippen molar-refractivity contribution in [1.29, 1.82) is 0 Å². The van der Waals surface area contributed by atoms with Gasteiger partial charge < -0.3 is 10.1 Å².